The summed E-state index contributed by atoms with van der Waals surface area (Å²) in [6.45, 7) is 2.03. The molecule has 3 nitrogen and oxygen atoms in total. The molecule has 0 unspecified atom stereocenters. The predicted molar refractivity (Wildman–Crippen MR) is 69.3 cm³/mol. The van der Waals surface area contributed by atoms with Gasteiger partial charge < -0.3 is 10.4 Å². The highest BCUT2D eigenvalue weighted by molar-refractivity contribution is 6.36. The van der Waals surface area contributed by atoms with Gasteiger partial charge in [0, 0.05) is 28.6 Å². The van der Waals surface area contributed by atoms with Crippen molar-refractivity contribution < 1.29 is 9.90 Å². The van der Waals surface area contributed by atoms with Crippen molar-refractivity contribution >= 4 is 29.1 Å². The number of carbonyl (C=O) groups excluding carboxylic acids is 1. The van der Waals surface area contributed by atoms with Gasteiger partial charge in [-0.3, -0.25) is 4.79 Å². The minimum absolute atomic E-state index is 0.0882. The fourth-order valence-corrected chi connectivity index (χ4v) is 2.11. The molecule has 0 aromatic heterocycles. The topological polar surface area (TPSA) is 49.3 Å². The molecule has 0 fully saturated rings. The lowest BCUT2D eigenvalue weighted by Gasteiger charge is -2.15. The van der Waals surface area contributed by atoms with Crippen LogP contribution < -0.4 is 5.32 Å². The maximum Gasteiger partial charge on any atom is 0.220 e. The second-order valence-corrected chi connectivity index (χ2v) is 4.52. The lowest BCUT2D eigenvalue weighted by molar-refractivity contribution is -0.121. The molecule has 94 valence electrons. The third-order valence-corrected chi connectivity index (χ3v) is 2.96. The number of aliphatic hydroxyl groups is 1. The summed E-state index contributed by atoms with van der Waals surface area (Å²) >= 11 is 11.9. The highest BCUT2D eigenvalue weighted by atomic mass is 35.5. The fraction of sp³-hybridized carbons (Fsp3) is 0.417. The maximum absolute atomic E-state index is 11.3. The Labute approximate surface area is 111 Å². The molecular formula is C12H15Cl2NO2. The number of nitrogens with one attached hydrogen (secondary N) is 1. The summed E-state index contributed by atoms with van der Waals surface area (Å²) in [5.41, 5.74) is 0.452. The zero-order valence-corrected chi connectivity index (χ0v) is 11.1. The number of aliphatic hydroxyl groups excluding tert-OH is 1. The van der Waals surface area contributed by atoms with Gasteiger partial charge in [0.15, 0.2) is 0 Å². The molecule has 0 bridgehead atoms. The Hall–Kier alpha value is -0.770. The average molecular weight is 276 g/mol. The van der Waals surface area contributed by atoms with Gasteiger partial charge in [-0.25, -0.2) is 0 Å². The first-order valence-corrected chi connectivity index (χ1v) is 6.20. The van der Waals surface area contributed by atoms with Gasteiger partial charge in [0.1, 0.15) is 0 Å². The van der Waals surface area contributed by atoms with Crippen LogP contribution in [0.3, 0.4) is 0 Å². The van der Waals surface area contributed by atoms with Crippen molar-refractivity contribution in [3.63, 3.8) is 0 Å². The highest BCUT2D eigenvalue weighted by Gasteiger charge is 2.15. The van der Waals surface area contributed by atoms with E-state index < -0.39 is 6.10 Å². The van der Waals surface area contributed by atoms with E-state index in [0.29, 0.717) is 22.0 Å². The van der Waals surface area contributed by atoms with Crippen LogP contribution in [0.1, 0.15) is 31.4 Å². The van der Waals surface area contributed by atoms with E-state index in [4.69, 9.17) is 23.2 Å². The molecule has 0 spiro atoms. The molecule has 5 heteroatoms. The molecule has 0 radical (unpaired) electrons. The number of rotatable bonds is 5. The Morgan fingerprint density at radius 2 is 2.00 bits per heavy atom. The Bertz CT molecular complexity index is 376. The van der Waals surface area contributed by atoms with Crippen LogP contribution in [0.5, 0.6) is 0 Å². The van der Waals surface area contributed by atoms with E-state index in [1.807, 2.05) is 6.92 Å². The van der Waals surface area contributed by atoms with Crippen LogP contribution in [0.25, 0.3) is 0 Å². The van der Waals surface area contributed by atoms with E-state index in [2.05, 4.69) is 5.32 Å². The molecule has 1 rings (SSSR count). The second-order valence-electron chi connectivity index (χ2n) is 3.71. The number of benzene rings is 1. The Morgan fingerprint density at radius 1 is 1.41 bits per heavy atom. The number of hydrogen-bond acceptors (Lipinski definition) is 2. The number of hydrogen-bond donors (Lipinski definition) is 2. The van der Waals surface area contributed by atoms with Crippen molar-refractivity contribution in [1.29, 1.82) is 0 Å². The number of carbonyl (C=O) groups is 1. The SMILES string of the molecule is CCCC(=O)NC[C@H](O)c1c(Cl)cccc1Cl. The summed E-state index contributed by atoms with van der Waals surface area (Å²) in [7, 11) is 0. The molecule has 0 aliphatic heterocycles. The first-order chi connectivity index (χ1) is 8.06. The molecule has 1 aromatic carbocycles. The van der Waals surface area contributed by atoms with Gasteiger partial charge in [0.25, 0.3) is 0 Å². The van der Waals surface area contributed by atoms with Crippen LogP contribution in [-0.4, -0.2) is 17.6 Å². The van der Waals surface area contributed by atoms with E-state index in [9.17, 15) is 9.90 Å². The molecule has 17 heavy (non-hydrogen) atoms. The summed E-state index contributed by atoms with van der Waals surface area (Å²) in [5, 5.41) is 13.3. The van der Waals surface area contributed by atoms with Crippen molar-refractivity contribution in [2.45, 2.75) is 25.9 Å². The van der Waals surface area contributed by atoms with Gasteiger partial charge in [-0.05, 0) is 18.6 Å². The van der Waals surface area contributed by atoms with Gasteiger partial charge in [-0.15, -0.1) is 0 Å². The monoisotopic (exact) mass is 275 g/mol. The van der Waals surface area contributed by atoms with E-state index in [1.54, 1.807) is 18.2 Å². The Kier molecular flexibility index (Phi) is 5.75. The van der Waals surface area contributed by atoms with Crippen molar-refractivity contribution in [3.8, 4) is 0 Å². The van der Waals surface area contributed by atoms with Crippen molar-refractivity contribution in [1.82, 2.24) is 5.32 Å². The van der Waals surface area contributed by atoms with Gasteiger partial charge >= 0.3 is 0 Å². The van der Waals surface area contributed by atoms with Crippen LogP contribution in [0.2, 0.25) is 10.0 Å². The third-order valence-electron chi connectivity index (χ3n) is 2.30. The van der Waals surface area contributed by atoms with Crippen LogP contribution in [0.4, 0.5) is 0 Å². The minimum atomic E-state index is -0.892. The van der Waals surface area contributed by atoms with Gasteiger partial charge in [0.05, 0.1) is 6.10 Å². The summed E-state index contributed by atoms with van der Waals surface area (Å²) in [6.07, 6.45) is 0.328. The number of halogens is 2. The molecule has 2 N–H and O–H groups in total. The van der Waals surface area contributed by atoms with E-state index in [1.165, 1.54) is 0 Å². The third kappa shape index (κ3) is 4.19. The Morgan fingerprint density at radius 3 is 2.53 bits per heavy atom. The normalized spacial score (nSPS) is 12.2. The average Bonchev–Trinajstić information content (AvgIpc) is 2.26. The molecular weight excluding hydrogens is 261 g/mol. The highest BCUT2D eigenvalue weighted by Crippen LogP contribution is 2.29. The van der Waals surface area contributed by atoms with Crippen LogP contribution in [0, 0.1) is 0 Å². The molecule has 0 heterocycles. The molecule has 0 aliphatic rings. The van der Waals surface area contributed by atoms with E-state index >= 15 is 0 Å². The largest absolute Gasteiger partial charge is 0.386 e. The van der Waals surface area contributed by atoms with Crippen LogP contribution in [0.15, 0.2) is 18.2 Å². The molecule has 0 saturated carbocycles. The molecule has 0 aliphatic carbocycles. The minimum Gasteiger partial charge on any atom is -0.386 e. The standard InChI is InChI=1S/C12H15Cl2NO2/c1-2-4-11(17)15-7-10(16)12-8(13)5-3-6-9(12)14/h3,5-6,10,16H,2,4,7H2,1H3,(H,15,17)/t10-/m0/s1. The summed E-state index contributed by atoms with van der Waals surface area (Å²) < 4.78 is 0. The number of amides is 1. The second kappa shape index (κ2) is 6.84. The van der Waals surface area contributed by atoms with Crippen molar-refractivity contribution in [2.75, 3.05) is 6.54 Å². The quantitative estimate of drug-likeness (QED) is 0.868. The summed E-state index contributed by atoms with van der Waals surface area (Å²) in [6, 6.07) is 5.01. The summed E-state index contributed by atoms with van der Waals surface area (Å²) in [4.78, 5) is 11.3. The smallest absolute Gasteiger partial charge is 0.220 e. The predicted octanol–water partition coefficient (Wildman–Crippen LogP) is 2.94. The molecule has 1 aromatic rings. The summed E-state index contributed by atoms with van der Waals surface area (Å²) in [5.74, 6) is -0.0882. The van der Waals surface area contributed by atoms with Gasteiger partial charge in [-0.1, -0.05) is 36.2 Å². The lowest BCUT2D eigenvalue weighted by atomic mass is 10.1. The lowest BCUT2D eigenvalue weighted by Crippen LogP contribution is -2.28. The van der Waals surface area contributed by atoms with Crippen molar-refractivity contribution in [3.05, 3.63) is 33.8 Å². The Balaban J connectivity index is 2.64. The zero-order valence-electron chi connectivity index (χ0n) is 9.54. The van der Waals surface area contributed by atoms with E-state index in [0.717, 1.165) is 6.42 Å². The van der Waals surface area contributed by atoms with E-state index in [-0.39, 0.29) is 12.5 Å². The van der Waals surface area contributed by atoms with Crippen molar-refractivity contribution in [2.24, 2.45) is 0 Å². The molecule has 1 amide bonds. The molecule has 0 saturated heterocycles. The molecule has 1 atom stereocenters. The first kappa shape index (κ1) is 14.3. The first-order valence-electron chi connectivity index (χ1n) is 5.45. The maximum atomic E-state index is 11.3. The fourth-order valence-electron chi connectivity index (χ4n) is 1.46. The zero-order chi connectivity index (χ0) is 12.8. The van der Waals surface area contributed by atoms with Crippen LogP contribution >= 0.6 is 23.2 Å². The van der Waals surface area contributed by atoms with Crippen LogP contribution in [-0.2, 0) is 4.79 Å². The van der Waals surface area contributed by atoms with Gasteiger partial charge in [0.2, 0.25) is 5.91 Å². The van der Waals surface area contributed by atoms with Gasteiger partial charge in [-0.2, -0.15) is 0 Å².